The highest BCUT2D eigenvalue weighted by molar-refractivity contribution is 4.86. The highest BCUT2D eigenvalue weighted by Gasteiger charge is 2.29. The largest absolute Gasteiger partial charge is 0.326 e. The van der Waals surface area contributed by atoms with Crippen LogP contribution in [0.4, 0.5) is 0 Å². The number of likely N-dealkylation sites (tertiary alicyclic amines) is 1. The summed E-state index contributed by atoms with van der Waals surface area (Å²) in [6.45, 7) is 3.58. The van der Waals surface area contributed by atoms with Gasteiger partial charge in [0.15, 0.2) is 0 Å². The van der Waals surface area contributed by atoms with Gasteiger partial charge in [0.25, 0.3) is 0 Å². The molecule has 0 aromatic carbocycles. The summed E-state index contributed by atoms with van der Waals surface area (Å²) in [5.41, 5.74) is 6.47. The molecule has 1 saturated heterocycles. The zero-order chi connectivity index (χ0) is 13.0. The van der Waals surface area contributed by atoms with Gasteiger partial charge in [-0.2, -0.15) is 0 Å². The van der Waals surface area contributed by atoms with Crippen molar-refractivity contribution in [3.05, 3.63) is 0 Å². The smallest absolute Gasteiger partial charge is 0.0224 e. The predicted molar refractivity (Wildman–Crippen MR) is 77.7 cm³/mol. The van der Waals surface area contributed by atoms with E-state index >= 15 is 0 Å². The third-order valence-electron chi connectivity index (χ3n) is 4.78. The Morgan fingerprint density at radius 1 is 1.11 bits per heavy atom. The number of hydrogen-bond donors (Lipinski definition) is 1. The summed E-state index contributed by atoms with van der Waals surface area (Å²) in [6.07, 6.45) is 9.68. The van der Waals surface area contributed by atoms with Crippen molar-refractivity contribution in [2.24, 2.45) is 11.7 Å². The van der Waals surface area contributed by atoms with E-state index in [1.807, 2.05) is 0 Å². The molecule has 1 saturated carbocycles. The Hall–Kier alpha value is -0.120. The molecule has 0 aromatic rings. The second-order valence-electron chi connectivity index (χ2n) is 6.62. The molecule has 0 bridgehead atoms. The summed E-state index contributed by atoms with van der Waals surface area (Å²) < 4.78 is 0. The third-order valence-corrected chi connectivity index (χ3v) is 4.78. The molecule has 106 valence electrons. The highest BCUT2D eigenvalue weighted by atomic mass is 15.2. The van der Waals surface area contributed by atoms with E-state index in [4.69, 9.17) is 5.73 Å². The van der Waals surface area contributed by atoms with E-state index in [0.29, 0.717) is 6.04 Å². The van der Waals surface area contributed by atoms with Gasteiger partial charge in [0.05, 0.1) is 0 Å². The molecule has 1 aliphatic carbocycles. The molecule has 0 spiro atoms. The van der Waals surface area contributed by atoms with Crippen molar-refractivity contribution < 1.29 is 0 Å². The topological polar surface area (TPSA) is 32.5 Å². The summed E-state index contributed by atoms with van der Waals surface area (Å²) in [6, 6.07) is 1.16. The van der Waals surface area contributed by atoms with Crippen molar-refractivity contribution in [2.75, 3.05) is 33.7 Å². The van der Waals surface area contributed by atoms with E-state index in [2.05, 4.69) is 23.9 Å². The minimum atomic E-state index is 0.410. The van der Waals surface area contributed by atoms with Crippen molar-refractivity contribution in [1.29, 1.82) is 0 Å². The van der Waals surface area contributed by atoms with Crippen molar-refractivity contribution in [2.45, 2.75) is 57.0 Å². The van der Waals surface area contributed by atoms with Crippen LogP contribution in [0.15, 0.2) is 0 Å². The minimum Gasteiger partial charge on any atom is -0.326 e. The van der Waals surface area contributed by atoms with Gasteiger partial charge in [-0.1, -0.05) is 19.3 Å². The minimum absolute atomic E-state index is 0.410. The number of rotatable bonds is 5. The molecule has 0 radical (unpaired) electrons. The Morgan fingerprint density at radius 3 is 2.50 bits per heavy atom. The maximum absolute atomic E-state index is 6.47. The van der Waals surface area contributed by atoms with Gasteiger partial charge < -0.3 is 10.6 Å². The van der Waals surface area contributed by atoms with Crippen molar-refractivity contribution in [1.82, 2.24) is 9.80 Å². The Morgan fingerprint density at radius 2 is 1.83 bits per heavy atom. The van der Waals surface area contributed by atoms with Crippen LogP contribution in [0.1, 0.15) is 44.9 Å². The van der Waals surface area contributed by atoms with E-state index in [1.54, 1.807) is 0 Å². The molecule has 2 rings (SSSR count). The van der Waals surface area contributed by atoms with Gasteiger partial charge in [-0.15, -0.1) is 0 Å². The summed E-state index contributed by atoms with van der Waals surface area (Å²) in [7, 11) is 4.36. The zero-order valence-corrected chi connectivity index (χ0v) is 12.3. The maximum Gasteiger partial charge on any atom is 0.0224 e. The average Bonchev–Trinajstić information content (AvgIpc) is 2.77. The van der Waals surface area contributed by atoms with Crippen LogP contribution in [0.2, 0.25) is 0 Å². The Bertz CT molecular complexity index is 236. The quantitative estimate of drug-likeness (QED) is 0.812. The van der Waals surface area contributed by atoms with Crippen LogP contribution in [0, 0.1) is 5.92 Å². The van der Waals surface area contributed by atoms with Crippen LogP contribution in [0.5, 0.6) is 0 Å². The summed E-state index contributed by atoms with van der Waals surface area (Å²) in [4.78, 5) is 4.97. The Labute approximate surface area is 113 Å². The van der Waals surface area contributed by atoms with Crippen LogP contribution < -0.4 is 5.73 Å². The summed E-state index contributed by atoms with van der Waals surface area (Å²) >= 11 is 0. The van der Waals surface area contributed by atoms with Gasteiger partial charge in [-0.3, -0.25) is 4.90 Å². The van der Waals surface area contributed by atoms with Gasteiger partial charge in [0.2, 0.25) is 0 Å². The maximum atomic E-state index is 6.47. The summed E-state index contributed by atoms with van der Waals surface area (Å²) in [5.74, 6) is 0.791. The number of likely N-dealkylation sites (N-methyl/N-ethyl adjacent to an activating group) is 1. The van der Waals surface area contributed by atoms with Crippen LogP contribution in [-0.2, 0) is 0 Å². The molecule has 3 nitrogen and oxygen atoms in total. The van der Waals surface area contributed by atoms with Crippen molar-refractivity contribution in [3.63, 3.8) is 0 Å². The number of nitrogens with zero attached hydrogens (tertiary/aromatic N) is 2. The molecule has 2 fully saturated rings. The second kappa shape index (κ2) is 6.88. The monoisotopic (exact) mass is 253 g/mol. The van der Waals surface area contributed by atoms with E-state index in [0.717, 1.165) is 18.5 Å². The molecule has 18 heavy (non-hydrogen) atoms. The average molecular weight is 253 g/mol. The van der Waals surface area contributed by atoms with Gasteiger partial charge in [0.1, 0.15) is 0 Å². The van der Waals surface area contributed by atoms with Crippen molar-refractivity contribution in [3.8, 4) is 0 Å². The van der Waals surface area contributed by atoms with Gasteiger partial charge in [-0.25, -0.2) is 0 Å². The molecule has 2 aliphatic rings. The van der Waals surface area contributed by atoms with Crippen LogP contribution in [0.25, 0.3) is 0 Å². The van der Waals surface area contributed by atoms with Crippen LogP contribution in [-0.4, -0.2) is 55.6 Å². The first-order valence-corrected chi connectivity index (χ1v) is 7.81. The lowest BCUT2D eigenvalue weighted by Crippen LogP contribution is -2.47. The molecule has 3 heteroatoms. The first kappa shape index (κ1) is 14.3. The van der Waals surface area contributed by atoms with Gasteiger partial charge in [0, 0.05) is 25.2 Å². The molecule has 2 N–H and O–H groups in total. The standard InChI is InChI=1S/C15H31N3/c1-17(2)11-14-9-6-10-18(14)12-15(16)13-7-4-3-5-8-13/h13-15H,3-12,16H2,1-2H3. The highest BCUT2D eigenvalue weighted by Crippen LogP contribution is 2.27. The lowest BCUT2D eigenvalue weighted by atomic mass is 9.84. The Kier molecular flexibility index (Phi) is 5.46. The van der Waals surface area contributed by atoms with E-state index in [1.165, 1.54) is 58.0 Å². The molecule has 1 heterocycles. The van der Waals surface area contributed by atoms with Crippen molar-refractivity contribution >= 4 is 0 Å². The van der Waals surface area contributed by atoms with E-state index in [-0.39, 0.29) is 0 Å². The number of nitrogens with two attached hydrogens (primary N) is 1. The van der Waals surface area contributed by atoms with Crippen LogP contribution >= 0.6 is 0 Å². The molecule has 1 aliphatic heterocycles. The van der Waals surface area contributed by atoms with Crippen LogP contribution in [0.3, 0.4) is 0 Å². The fourth-order valence-electron chi connectivity index (χ4n) is 3.75. The first-order valence-electron chi connectivity index (χ1n) is 7.81. The van der Waals surface area contributed by atoms with E-state index < -0.39 is 0 Å². The van der Waals surface area contributed by atoms with Gasteiger partial charge in [-0.05, 0) is 52.2 Å². The Balaban J connectivity index is 1.79. The van der Waals surface area contributed by atoms with Gasteiger partial charge >= 0.3 is 0 Å². The molecular formula is C15H31N3. The number of hydrogen-bond acceptors (Lipinski definition) is 3. The predicted octanol–water partition coefficient (Wildman–Crippen LogP) is 1.92. The third kappa shape index (κ3) is 3.94. The van der Waals surface area contributed by atoms with E-state index in [9.17, 15) is 0 Å². The molecule has 0 amide bonds. The molecule has 2 atom stereocenters. The second-order valence-corrected chi connectivity index (χ2v) is 6.62. The lowest BCUT2D eigenvalue weighted by molar-refractivity contribution is 0.171. The molecular weight excluding hydrogens is 222 g/mol. The fraction of sp³-hybridized carbons (Fsp3) is 1.00. The molecule has 2 unspecified atom stereocenters. The SMILES string of the molecule is CN(C)CC1CCCN1CC(N)C1CCCCC1. The first-order chi connectivity index (χ1) is 8.66. The fourth-order valence-corrected chi connectivity index (χ4v) is 3.75. The normalized spacial score (nSPS) is 29.0. The molecule has 0 aromatic heterocycles. The summed E-state index contributed by atoms with van der Waals surface area (Å²) in [5, 5.41) is 0. The zero-order valence-electron chi connectivity index (χ0n) is 12.3. The lowest BCUT2D eigenvalue weighted by Gasteiger charge is -2.33.